The molecule has 2 amide bonds. The van der Waals surface area contributed by atoms with Crippen molar-refractivity contribution >= 4 is 23.6 Å². The molecule has 2 aromatic rings. The summed E-state index contributed by atoms with van der Waals surface area (Å²) in [6.45, 7) is 2.68. The van der Waals surface area contributed by atoms with Crippen molar-refractivity contribution in [3.8, 4) is 11.5 Å². The highest BCUT2D eigenvalue weighted by molar-refractivity contribution is 5.95. The van der Waals surface area contributed by atoms with Gasteiger partial charge < -0.3 is 19.7 Å². The standard InChI is InChI=1S/C23H26N2O4/c1-16(18-9-12-20(28-2)21(15-18)29-3)24-22(26)13-8-17-6-10-19(11-7-17)25-14-4-5-23(25)27/h6-13,15-16H,4-5,14H2,1-3H3,(H,24,26)/b13-8+. The smallest absolute Gasteiger partial charge is 0.244 e. The Hall–Kier alpha value is -3.28. The van der Waals surface area contributed by atoms with Gasteiger partial charge in [0.1, 0.15) is 0 Å². The molecule has 0 spiro atoms. The molecule has 1 unspecified atom stereocenters. The van der Waals surface area contributed by atoms with E-state index in [1.807, 2.05) is 49.4 Å². The second-order valence-electron chi connectivity index (χ2n) is 6.92. The molecule has 1 N–H and O–H groups in total. The minimum Gasteiger partial charge on any atom is -0.493 e. The maximum absolute atomic E-state index is 12.3. The third kappa shape index (κ3) is 4.96. The predicted molar refractivity (Wildman–Crippen MR) is 113 cm³/mol. The Morgan fingerprint density at radius 3 is 2.45 bits per heavy atom. The van der Waals surface area contributed by atoms with E-state index in [0.717, 1.165) is 29.8 Å². The first-order chi connectivity index (χ1) is 14.0. The van der Waals surface area contributed by atoms with Gasteiger partial charge in [-0.2, -0.15) is 0 Å². The van der Waals surface area contributed by atoms with E-state index in [1.54, 1.807) is 25.2 Å². The van der Waals surface area contributed by atoms with Crippen LogP contribution in [0.15, 0.2) is 48.5 Å². The summed E-state index contributed by atoms with van der Waals surface area (Å²) in [5, 5.41) is 2.94. The Labute approximate surface area is 171 Å². The van der Waals surface area contributed by atoms with Gasteiger partial charge in [-0.15, -0.1) is 0 Å². The number of nitrogens with one attached hydrogen (secondary N) is 1. The van der Waals surface area contributed by atoms with Gasteiger partial charge in [-0.3, -0.25) is 9.59 Å². The van der Waals surface area contributed by atoms with Crippen molar-refractivity contribution in [2.45, 2.75) is 25.8 Å². The molecule has 3 rings (SSSR count). The highest BCUT2D eigenvalue weighted by Gasteiger charge is 2.21. The first-order valence-corrected chi connectivity index (χ1v) is 9.62. The summed E-state index contributed by atoms with van der Waals surface area (Å²) < 4.78 is 10.6. The summed E-state index contributed by atoms with van der Waals surface area (Å²) in [5.41, 5.74) is 2.72. The van der Waals surface area contributed by atoms with Crippen molar-refractivity contribution < 1.29 is 19.1 Å². The summed E-state index contributed by atoms with van der Waals surface area (Å²) in [7, 11) is 3.17. The number of nitrogens with zero attached hydrogens (tertiary/aromatic N) is 1. The van der Waals surface area contributed by atoms with Gasteiger partial charge >= 0.3 is 0 Å². The van der Waals surface area contributed by atoms with E-state index < -0.39 is 0 Å². The van der Waals surface area contributed by atoms with Crippen LogP contribution in [0.1, 0.15) is 36.9 Å². The third-order valence-electron chi connectivity index (χ3n) is 4.97. The summed E-state index contributed by atoms with van der Waals surface area (Å²) >= 11 is 0. The van der Waals surface area contributed by atoms with Crippen molar-refractivity contribution in [2.24, 2.45) is 0 Å². The number of anilines is 1. The zero-order valence-corrected chi connectivity index (χ0v) is 17.0. The van der Waals surface area contributed by atoms with Crippen LogP contribution < -0.4 is 19.7 Å². The van der Waals surface area contributed by atoms with Crippen LogP contribution in [0, 0.1) is 0 Å². The van der Waals surface area contributed by atoms with E-state index >= 15 is 0 Å². The van der Waals surface area contributed by atoms with Gasteiger partial charge in [0, 0.05) is 24.7 Å². The van der Waals surface area contributed by atoms with Crippen molar-refractivity contribution in [2.75, 3.05) is 25.7 Å². The normalized spacial score (nSPS) is 14.9. The van der Waals surface area contributed by atoms with E-state index in [4.69, 9.17) is 9.47 Å². The monoisotopic (exact) mass is 394 g/mol. The van der Waals surface area contributed by atoms with Crippen LogP contribution >= 0.6 is 0 Å². The van der Waals surface area contributed by atoms with Crippen LogP contribution in [0.2, 0.25) is 0 Å². The number of carbonyl (C=O) groups excluding carboxylic acids is 2. The zero-order valence-electron chi connectivity index (χ0n) is 17.0. The minimum atomic E-state index is -0.189. The second kappa shape index (κ2) is 9.28. The Bertz CT molecular complexity index is 906. The lowest BCUT2D eigenvalue weighted by Crippen LogP contribution is -2.24. The molecule has 1 fully saturated rings. The van der Waals surface area contributed by atoms with Crippen molar-refractivity contribution in [3.63, 3.8) is 0 Å². The lowest BCUT2D eigenvalue weighted by molar-refractivity contribution is -0.117. The Kier molecular flexibility index (Phi) is 6.54. The van der Waals surface area contributed by atoms with Crippen LogP contribution in [0.25, 0.3) is 6.08 Å². The van der Waals surface area contributed by atoms with Crippen LogP contribution in [0.3, 0.4) is 0 Å². The van der Waals surface area contributed by atoms with E-state index in [2.05, 4.69) is 5.32 Å². The molecule has 2 aromatic carbocycles. The van der Waals surface area contributed by atoms with E-state index in [9.17, 15) is 9.59 Å². The highest BCUT2D eigenvalue weighted by Crippen LogP contribution is 2.29. The largest absolute Gasteiger partial charge is 0.493 e. The topological polar surface area (TPSA) is 67.9 Å². The molecule has 0 aliphatic carbocycles. The van der Waals surface area contributed by atoms with Gasteiger partial charge in [-0.25, -0.2) is 0 Å². The fourth-order valence-corrected chi connectivity index (χ4v) is 3.33. The number of hydrogen-bond acceptors (Lipinski definition) is 4. The van der Waals surface area contributed by atoms with Gasteiger partial charge in [-0.05, 0) is 54.8 Å². The molecule has 6 heteroatoms. The molecule has 0 aromatic heterocycles. The lowest BCUT2D eigenvalue weighted by Gasteiger charge is -2.16. The molecule has 0 bridgehead atoms. The number of carbonyl (C=O) groups is 2. The van der Waals surface area contributed by atoms with Crippen molar-refractivity contribution in [3.05, 3.63) is 59.7 Å². The lowest BCUT2D eigenvalue weighted by atomic mass is 10.1. The van der Waals surface area contributed by atoms with E-state index in [-0.39, 0.29) is 17.9 Å². The zero-order chi connectivity index (χ0) is 20.8. The molecule has 1 saturated heterocycles. The Morgan fingerprint density at radius 2 is 1.83 bits per heavy atom. The van der Waals surface area contributed by atoms with Crippen LogP contribution in [-0.2, 0) is 9.59 Å². The summed E-state index contributed by atoms with van der Waals surface area (Å²) in [6, 6.07) is 13.0. The van der Waals surface area contributed by atoms with Crippen molar-refractivity contribution in [1.82, 2.24) is 5.32 Å². The quantitative estimate of drug-likeness (QED) is 0.727. The number of benzene rings is 2. The van der Waals surface area contributed by atoms with Gasteiger partial charge in [0.25, 0.3) is 0 Å². The first-order valence-electron chi connectivity index (χ1n) is 9.62. The molecule has 1 heterocycles. The predicted octanol–water partition coefficient (Wildman–Crippen LogP) is 3.72. The molecule has 1 aliphatic heterocycles. The average molecular weight is 394 g/mol. The van der Waals surface area contributed by atoms with Gasteiger partial charge in [0.05, 0.1) is 20.3 Å². The fourth-order valence-electron chi connectivity index (χ4n) is 3.33. The van der Waals surface area contributed by atoms with Gasteiger partial charge in [0.2, 0.25) is 11.8 Å². The summed E-state index contributed by atoms with van der Waals surface area (Å²) in [6.07, 6.45) is 4.78. The van der Waals surface area contributed by atoms with Crippen LogP contribution in [0.4, 0.5) is 5.69 Å². The maximum Gasteiger partial charge on any atom is 0.244 e. The van der Waals surface area contributed by atoms with E-state index in [1.165, 1.54) is 6.08 Å². The number of hydrogen-bond donors (Lipinski definition) is 1. The van der Waals surface area contributed by atoms with Crippen molar-refractivity contribution in [1.29, 1.82) is 0 Å². The van der Waals surface area contributed by atoms with Gasteiger partial charge in [0.15, 0.2) is 11.5 Å². The molecular weight excluding hydrogens is 368 g/mol. The third-order valence-corrected chi connectivity index (χ3v) is 4.97. The molecule has 152 valence electrons. The second-order valence-corrected chi connectivity index (χ2v) is 6.92. The summed E-state index contributed by atoms with van der Waals surface area (Å²) in [4.78, 5) is 25.9. The van der Waals surface area contributed by atoms with Gasteiger partial charge in [-0.1, -0.05) is 18.2 Å². The molecular formula is C23H26N2O4. The molecule has 6 nitrogen and oxygen atoms in total. The minimum absolute atomic E-state index is 0.164. The van der Waals surface area contributed by atoms with E-state index in [0.29, 0.717) is 17.9 Å². The fraction of sp³-hybridized carbons (Fsp3) is 0.304. The number of amides is 2. The Balaban J connectivity index is 1.60. The van der Waals surface area contributed by atoms with Crippen LogP contribution in [0.5, 0.6) is 11.5 Å². The average Bonchev–Trinajstić information content (AvgIpc) is 3.17. The first kappa shape index (κ1) is 20.5. The molecule has 29 heavy (non-hydrogen) atoms. The number of ether oxygens (including phenoxy) is 2. The maximum atomic E-state index is 12.3. The van der Waals surface area contributed by atoms with Crippen LogP contribution in [-0.4, -0.2) is 32.6 Å². The summed E-state index contributed by atoms with van der Waals surface area (Å²) in [5.74, 6) is 1.25. The molecule has 1 atom stereocenters. The number of rotatable bonds is 7. The Morgan fingerprint density at radius 1 is 1.10 bits per heavy atom. The number of methoxy groups -OCH3 is 2. The molecule has 0 saturated carbocycles. The molecule has 1 aliphatic rings. The SMILES string of the molecule is COc1ccc(C(C)NC(=O)/C=C/c2ccc(N3CCCC3=O)cc2)cc1OC. The molecule has 0 radical (unpaired) electrons. The highest BCUT2D eigenvalue weighted by atomic mass is 16.5.